The normalized spacial score (nSPS) is 17.1. The van der Waals surface area contributed by atoms with Gasteiger partial charge in [-0.25, -0.2) is 0 Å². The first-order chi connectivity index (χ1) is 9.99. The van der Waals surface area contributed by atoms with Gasteiger partial charge in [-0.3, -0.25) is 9.59 Å². The third kappa shape index (κ3) is 5.65. The van der Waals surface area contributed by atoms with Crippen LogP contribution in [0.1, 0.15) is 47.0 Å². The molecule has 5 nitrogen and oxygen atoms in total. The third-order valence-electron chi connectivity index (χ3n) is 4.00. The molecule has 5 heteroatoms. The highest BCUT2D eigenvalue weighted by atomic mass is 16.5. The summed E-state index contributed by atoms with van der Waals surface area (Å²) in [5, 5.41) is 2.98. The van der Waals surface area contributed by atoms with Crippen molar-refractivity contribution in [3.05, 3.63) is 0 Å². The van der Waals surface area contributed by atoms with E-state index in [0.717, 1.165) is 12.8 Å². The van der Waals surface area contributed by atoms with Gasteiger partial charge < -0.3 is 15.0 Å². The fraction of sp³-hybridized carbons (Fsp3) is 0.875. The molecule has 0 radical (unpaired) electrons. The number of morpholine rings is 1. The van der Waals surface area contributed by atoms with E-state index in [1.165, 1.54) is 0 Å². The van der Waals surface area contributed by atoms with Crippen LogP contribution in [0.4, 0.5) is 0 Å². The van der Waals surface area contributed by atoms with Crippen LogP contribution < -0.4 is 5.32 Å². The van der Waals surface area contributed by atoms with Gasteiger partial charge >= 0.3 is 0 Å². The molecule has 0 aromatic rings. The molecule has 0 aliphatic carbocycles. The average Bonchev–Trinajstić information content (AvgIpc) is 2.47. The molecule has 1 heterocycles. The van der Waals surface area contributed by atoms with Crippen molar-refractivity contribution in [1.82, 2.24) is 10.2 Å². The number of nitrogens with zero attached hydrogens (tertiary/aromatic N) is 1. The summed E-state index contributed by atoms with van der Waals surface area (Å²) in [5.74, 6) is 0.401. The lowest BCUT2D eigenvalue weighted by Gasteiger charge is -2.32. The lowest BCUT2D eigenvalue weighted by molar-refractivity contribution is -0.141. The Morgan fingerprint density at radius 1 is 1.14 bits per heavy atom. The molecular formula is C16H30N2O3. The van der Waals surface area contributed by atoms with Crippen LogP contribution >= 0.6 is 0 Å². The van der Waals surface area contributed by atoms with Crippen LogP contribution in [0.25, 0.3) is 0 Å². The van der Waals surface area contributed by atoms with Gasteiger partial charge in [0.25, 0.3) is 0 Å². The largest absolute Gasteiger partial charge is 0.378 e. The standard InChI is InChI=1S/C16H30N2O3/c1-5-13(6-2)15(19)17-14(11-12(3)4)16(20)18-7-9-21-10-8-18/h12-14H,5-11H2,1-4H3,(H,17,19)/t14-/m1/s1. The van der Waals surface area contributed by atoms with Crippen molar-refractivity contribution in [1.29, 1.82) is 0 Å². The van der Waals surface area contributed by atoms with Gasteiger partial charge in [-0.2, -0.15) is 0 Å². The summed E-state index contributed by atoms with van der Waals surface area (Å²) in [6.07, 6.45) is 2.30. The Hall–Kier alpha value is -1.10. The summed E-state index contributed by atoms with van der Waals surface area (Å²) in [6.45, 7) is 10.6. The van der Waals surface area contributed by atoms with Gasteiger partial charge in [-0.15, -0.1) is 0 Å². The maximum atomic E-state index is 12.6. The second kappa shape index (κ2) is 9.03. The van der Waals surface area contributed by atoms with Crippen LogP contribution in [0, 0.1) is 11.8 Å². The molecular weight excluding hydrogens is 268 g/mol. The van der Waals surface area contributed by atoms with Crippen LogP contribution in [0.2, 0.25) is 0 Å². The van der Waals surface area contributed by atoms with Crippen LogP contribution in [0.15, 0.2) is 0 Å². The van der Waals surface area contributed by atoms with E-state index >= 15 is 0 Å². The van der Waals surface area contributed by atoms with E-state index < -0.39 is 6.04 Å². The Morgan fingerprint density at radius 3 is 2.19 bits per heavy atom. The van der Waals surface area contributed by atoms with Crippen LogP contribution in [-0.4, -0.2) is 49.1 Å². The fourth-order valence-electron chi connectivity index (χ4n) is 2.65. The van der Waals surface area contributed by atoms with Gasteiger partial charge in [-0.1, -0.05) is 27.7 Å². The SMILES string of the molecule is CCC(CC)C(=O)N[C@H](CC(C)C)C(=O)N1CCOCC1. The second-order valence-electron chi connectivity index (χ2n) is 6.14. The highest BCUT2D eigenvalue weighted by molar-refractivity contribution is 5.88. The van der Waals surface area contributed by atoms with Gasteiger partial charge in [0.1, 0.15) is 6.04 Å². The number of rotatable bonds is 7. The summed E-state index contributed by atoms with van der Waals surface area (Å²) < 4.78 is 5.28. The summed E-state index contributed by atoms with van der Waals surface area (Å²) in [7, 11) is 0. The minimum atomic E-state index is -0.406. The van der Waals surface area contributed by atoms with Gasteiger partial charge in [0.15, 0.2) is 0 Å². The predicted molar refractivity (Wildman–Crippen MR) is 82.9 cm³/mol. The van der Waals surface area contributed by atoms with E-state index in [-0.39, 0.29) is 17.7 Å². The summed E-state index contributed by atoms with van der Waals surface area (Å²) >= 11 is 0. The molecule has 21 heavy (non-hydrogen) atoms. The summed E-state index contributed by atoms with van der Waals surface area (Å²) in [6, 6.07) is -0.406. The highest BCUT2D eigenvalue weighted by Crippen LogP contribution is 2.13. The molecule has 0 aromatic carbocycles. The quantitative estimate of drug-likeness (QED) is 0.780. The Bertz CT molecular complexity index is 334. The predicted octanol–water partition coefficient (Wildman–Crippen LogP) is 1.81. The summed E-state index contributed by atoms with van der Waals surface area (Å²) in [4.78, 5) is 26.7. The molecule has 2 amide bonds. The number of carbonyl (C=O) groups is 2. The van der Waals surface area contributed by atoms with Crippen LogP contribution in [0.3, 0.4) is 0 Å². The lowest BCUT2D eigenvalue weighted by atomic mass is 9.99. The summed E-state index contributed by atoms with van der Waals surface area (Å²) in [5.41, 5.74) is 0. The maximum absolute atomic E-state index is 12.6. The topological polar surface area (TPSA) is 58.6 Å². The molecule has 0 bridgehead atoms. The van der Waals surface area contributed by atoms with E-state index in [1.54, 1.807) is 0 Å². The molecule has 1 atom stereocenters. The minimum absolute atomic E-state index is 0.00264. The number of hydrogen-bond acceptors (Lipinski definition) is 3. The smallest absolute Gasteiger partial charge is 0.245 e. The Kier molecular flexibility index (Phi) is 7.72. The van der Waals surface area contributed by atoms with Crippen molar-refractivity contribution in [2.24, 2.45) is 11.8 Å². The van der Waals surface area contributed by atoms with Gasteiger partial charge in [0.2, 0.25) is 11.8 Å². The Balaban J connectivity index is 2.69. The molecule has 1 aliphatic rings. The first kappa shape index (κ1) is 18.0. The first-order valence-electron chi connectivity index (χ1n) is 8.16. The minimum Gasteiger partial charge on any atom is -0.378 e. The molecule has 1 fully saturated rings. The maximum Gasteiger partial charge on any atom is 0.245 e. The van der Waals surface area contributed by atoms with Crippen LogP contribution in [-0.2, 0) is 14.3 Å². The molecule has 1 rings (SSSR count). The first-order valence-corrected chi connectivity index (χ1v) is 8.16. The Morgan fingerprint density at radius 2 is 1.71 bits per heavy atom. The lowest BCUT2D eigenvalue weighted by Crippen LogP contribution is -2.53. The van der Waals surface area contributed by atoms with E-state index in [2.05, 4.69) is 19.2 Å². The highest BCUT2D eigenvalue weighted by Gasteiger charge is 2.29. The number of hydrogen-bond donors (Lipinski definition) is 1. The number of nitrogens with one attached hydrogen (secondary N) is 1. The Labute approximate surface area is 128 Å². The number of amides is 2. The zero-order chi connectivity index (χ0) is 15.8. The molecule has 0 aromatic heterocycles. The molecule has 0 saturated carbocycles. The van der Waals surface area contributed by atoms with Crippen molar-refractivity contribution in [2.45, 2.75) is 53.0 Å². The zero-order valence-electron chi connectivity index (χ0n) is 13.9. The van der Waals surface area contributed by atoms with Crippen molar-refractivity contribution in [3.63, 3.8) is 0 Å². The van der Waals surface area contributed by atoms with Crippen molar-refractivity contribution >= 4 is 11.8 Å². The van der Waals surface area contributed by atoms with Gasteiger partial charge in [-0.05, 0) is 25.2 Å². The average molecular weight is 298 g/mol. The van der Waals surface area contributed by atoms with Crippen LogP contribution in [0.5, 0.6) is 0 Å². The van der Waals surface area contributed by atoms with E-state index in [0.29, 0.717) is 38.6 Å². The van der Waals surface area contributed by atoms with Crippen molar-refractivity contribution in [2.75, 3.05) is 26.3 Å². The zero-order valence-corrected chi connectivity index (χ0v) is 13.9. The number of carbonyl (C=O) groups excluding carboxylic acids is 2. The third-order valence-corrected chi connectivity index (χ3v) is 4.00. The van der Waals surface area contributed by atoms with E-state index in [4.69, 9.17) is 4.74 Å². The van der Waals surface area contributed by atoms with E-state index in [9.17, 15) is 9.59 Å². The van der Waals surface area contributed by atoms with E-state index in [1.807, 2.05) is 18.7 Å². The monoisotopic (exact) mass is 298 g/mol. The molecule has 1 aliphatic heterocycles. The fourth-order valence-corrected chi connectivity index (χ4v) is 2.65. The molecule has 1 N–H and O–H groups in total. The molecule has 0 unspecified atom stereocenters. The van der Waals surface area contributed by atoms with Crippen molar-refractivity contribution in [3.8, 4) is 0 Å². The van der Waals surface area contributed by atoms with Gasteiger partial charge in [0.05, 0.1) is 13.2 Å². The molecule has 1 saturated heterocycles. The molecule has 0 spiro atoms. The van der Waals surface area contributed by atoms with Crippen molar-refractivity contribution < 1.29 is 14.3 Å². The molecule has 122 valence electrons. The second-order valence-corrected chi connectivity index (χ2v) is 6.14. The van der Waals surface area contributed by atoms with Gasteiger partial charge in [0, 0.05) is 19.0 Å². The number of ether oxygens (including phenoxy) is 1.